The molecule has 156 valence electrons. The summed E-state index contributed by atoms with van der Waals surface area (Å²) in [5.41, 5.74) is 1.73. The molecule has 0 unspecified atom stereocenters. The normalized spacial score (nSPS) is 15.9. The number of nitrogens with one attached hydrogen (secondary N) is 1. The average Bonchev–Trinajstić information content (AvgIpc) is 3.06. The summed E-state index contributed by atoms with van der Waals surface area (Å²) in [5, 5.41) is 3.53. The van der Waals surface area contributed by atoms with Crippen LogP contribution in [-0.4, -0.2) is 37.9 Å². The van der Waals surface area contributed by atoms with Gasteiger partial charge in [0.2, 0.25) is 0 Å². The number of hydrogen-bond acceptors (Lipinski definition) is 7. The Labute approximate surface area is 183 Å². The molecule has 0 atom stereocenters. The number of benzene rings is 2. The van der Waals surface area contributed by atoms with Gasteiger partial charge in [-0.2, -0.15) is 0 Å². The van der Waals surface area contributed by atoms with E-state index in [4.69, 9.17) is 25.8 Å². The van der Waals surface area contributed by atoms with Crippen LogP contribution in [0.25, 0.3) is 6.08 Å². The van der Waals surface area contributed by atoms with Crippen molar-refractivity contribution in [2.24, 2.45) is 4.99 Å². The number of thioether (sulfide) groups is 1. The number of carbonyl (C=O) groups is 2. The molecule has 1 amide bonds. The molecule has 0 saturated carbocycles. The summed E-state index contributed by atoms with van der Waals surface area (Å²) in [6.45, 7) is 2.06. The van der Waals surface area contributed by atoms with E-state index in [1.807, 2.05) is 0 Å². The molecule has 0 radical (unpaired) electrons. The predicted octanol–water partition coefficient (Wildman–Crippen LogP) is 4.43. The molecule has 1 fully saturated rings. The van der Waals surface area contributed by atoms with Crippen LogP contribution in [0.2, 0.25) is 5.02 Å². The van der Waals surface area contributed by atoms with E-state index in [9.17, 15) is 9.59 Å². The fourth-order valence-electron chi connectivity index (χ4n) is 2.66. The molecule has 0 aliphatic carbocycles. The zero-order valence-corrected chi connectivity index (χ0v) is 18.1. The SMILES string of the molecule is CCOC(=O)c1ccc(N=C2NC(=O)/C(=C\c3cc(Cl)c(OC)c(OC)c3)S2)cc1. The highest BCUT2D eigenvalue weighted by Crippen LogP contribution is 2.37. The molecule has 1 heterocycles. The molecule has 9 heteroatoms. The first-order valence-corrected chi connectivity index (χ1v) is 10.1. The van der Waals surface area contributed by atoms with Crippen molar-refractivity contribution in [3.8, 4) is 11.5 Å². The van der Waals surface area contributed by atoms with Crippen molar-refractivity contribution in [3.05, 3.63) is 57.5 Å². The van der Waals surface area contributed by atoms with Crippen molar-refractivity contribution in [2.75, 3.05) is 20.8 Å². The van der Waals surface area contributed by atoms with Gasteiger partial charge in [0.05, 0.1) is 42.0 Å². The Balaban J connectivity index is 1.79. The molecular weight excluding hydrogens is 428 g/mol. The first-order valence-electron chi connectivity index (χ1n) is 8.93. The Morgan fingerprint density at radius 1 is 1.20 bits per heavy atom. The van der Waals surface area contributed by atoms with Gasteiger partial charge in [-0.25, -0.2) is 9.79 Å². The van der Waals surface area contributed by atoms with Crippen LogP contribution < -0.4 is 14.8 Å². The molecule has 1 saturated heterocycles. The third-order valence-corrected chi connectivity index (χ3v) is 5.20. The van der Waals surface area contributed by atoms with E-state index in [2.05, 4.69) is 10.3 Å². The summed E-state index contributed by atoms with van der Waals surface area (Å²) in [5.74, 6) is 0.237. The Kier molecular flexibility index (Phi) is 7.02. The molecule has 0 bridgehead atoms. The molecule has 0 spiro atoms. The van der Waals surface area contributed by atoms with E-state index in [1.54, 1.807) is 49.4 Å². The van der Waals surface area contributed by atoms with Gasteiger partial charge in [-0.05, 0) is 66.7 Å². The van der Waals surface area contributed by atoms with Gasteiger partial charge in [0.25, 0.3) is 5.91 Å². The quantitative estimate of drug-likeness (QED) is 0.522. The van der Waals surface area contributed by atoms with Gasteiger partial charge in [-0.1, -0.05) is 11.6 Å². The lowest BCUT2D eigenvalue weighted by molar-refractivity contribution is -0.115. The third kappa shape index (κ3) is 4.95. The summed E-state index contributed by atoms with van der Waals surface area (Å²) in [6.07, 6.45) is 1.69. The minimum atomic E-state index is -0.390. The van der Waals surface area contributed by atoms with Crippen molar-refractivity contribution in [1.29, 1.82) is 0 Å². The number of hydrogen-bond donors (Lipinski definition) is 1. The van der Waals surface area contributed by atoms with Crippen LogP contribution in [0.5, 0.6) is 11.5 Å². The number of nitrogens with zero attached hydrogens (tertiary/aromatic N) is 1. The van der Waals surface area contributed by atoms with Gasteiger partial charge >= 0.3 is 5.97 Å². The molecule has 1 aliphatic rings. The largest absolute Gasteiger partial charge is 0.493 e. The number of amidine groups is 1. The molecule has 2 aromatic carbocycles. The van der Waals surface area contributed by atoms with Crippen LogP contribution in [0.3, 0.4) is 0 Å². The Morgan fingerprint density at radius 2 is 1.93 bits per heavy atom. The van der Waals surface area contributed by atoms with E-state index in [1.165, 1.54) is 26.0 Å². The van der Waals surface area contributed by atoms with E-state index in [-0.39, 0.29) is 11.9 Å². The van der Waals surface area contributed by atoms with Crippen molar-refractivity contribution in [2.45, 2.75) is 6.92 Å². The monoisotopic (exact) mass is 446 g/mol. The van der Waals surface area contributed by atoms with Crippen molar-refractivity contribution in [1.82, 2.24) is 5.32 Å². The Morgan fingerprint density at radius 3 is 2.57 bits per heavy atom. The minimum absolute atomic E-state index is 0.271. The standard InChI is InChI=1S/C21H19ClN2O5S/c1-4-29-20(26)13-5-7-14(8-6-13)23-21-24-19(25)17(30-21)11-12-9-15(22)18(28-3)16(10-12)27-2/h5-11H,4H2,1-3H3,(H,23,24,25)/b17-11+. The van der Waals surface area contributed by atoms with Gasteiger partial charge < -0.3 is 19.5 Å². The van der Waals surface area contributed by atoms with Crippen LogP contribution >= 0.6 is 23.4 Å². The van der Waals surface area contributed by atoms with Crippen molar-refractivity contribution in [3.63, 3.8) is 0 Å². The van der Waals surface area contributed by atoms with Crippen LogP contribution in [-0.2, 0) is 9.53 Å². The zero-order valence-electron chi connectivity index (χ0n) is 16.5. The lowest BCUT2D eigenvalue weighted by Crippen LogP contribution is -2.19. The molecule has 1 N–H and O–H groups in total. The molecular formula is C21H19ClN2O5S. The Bertz CT molecular complexity index is 1030. The molecule has 1 aliphatic heterocycles. The van der Waals surface area contributed by atoms with Crippen LogP contribution in [0, 0.1) is 0 Å². The highest BCUT2D eigenvalue weighted by Gasteiger charge is 2.24. The smallest absolute Gasteiger partial charge is 0.338 e. The highest BCUT2D eigenvalue weighted by molar-refractivity contribution is 8.18. The fraction of sp³-hybridized carbons (Fsp3) is 0.190. The maximum Gasteiger partial charge on any atom is 0.338 e. The van der Waals surface area contributed by atoms with Crippen LogP contribution in [0.15, 0.2) is 46.3 Å². The van der Waals surface area contributed by atoms with Crippen LogP contribution in [0.1, 0.15) is 22.8 Å². The number of rotatable bonds is 6. The molecule has 3 rings (SSSR count). The number of esters is 1. The number of halogens is 1. The second-order valence-electron chi connectivity index (χ2n) is 5.99. The van der Waals surface area contributed by atoms with E-state index in [0.717, 1.165) is 0 Å². The summed E-state index contributed by atoms with van der Waals surface area (Å²) in [7, 11) is 3.02. The fourth-order valence-corrected chi connectivity index (χ4v) is 3.79. The maximum absolute atomic E-state index is 12.3. The number of carbonyl (C=O) groups excluding carboxylic acids is 2. The maximum atomic E-state index is 12.3. The van der Waals surface area contributed by atoms with E-state index in [0.29, 0.717) is 50.0 Å². The van der Waals surface area contributed by atoms with Crippen LogP contribution in [0.4, 0.5) is 5.69 Å². The lowest BCUT2D eigenvalue weighted by atomic mass is 10.2. The van der Waals surface area contributed by atoms with Crippen molar-refractivity contribution < 1.29 is 23.8 Å². The van der Waals surface area contributed by atoms with Gasteiger partial charge in [0.15, 0.2) is 16.7 Å². The van der Waals surface area contributed by atoms with E-state index >= 15 is 0 Å². The molecule has 0 aromatic heterocycles. The third-order valence-electron chi connectivity index (χ3n) is 4.01. The van der Waals surface area contributed by atoms with E-state index < -0.39 is 0 Å². The number of aliphatic imine (C=N–C) groups is 1. The summed E-state index contributed by atoms with van der Waals surface area (Å²) in [6, 6.07) is 10.0. The summed E-state index contributed by atoms with van der Waals surface area (Å²) < 4.78 is 15.5. The second kappa shape index (κ2) is 9.69. The van der Waals surface area contributed by atoms with Gasteiger partial charge in [0.1, 0.15) is 0 Å². The second-order valence-corrected chi connectivity index (χ2v) is 7.43. The lowest BCUT2D eigenvalue weighted by Gasteiger charge is -2.10. The highest BCUT2D eigenvalue weighted by atomic mass is 35.5. The first-order chi connectivity index (χ1) is 14.4. The molecule has 30 heavy (non-hydrogen) atoms. The average molecular weight is 447 g/mol. The number of amides is 1. The number of ether oxygens (including phenoxy) is 3. The first kappa shape index (κ1) is 21.7. The van der Waals surface area contributed by atoms with Gasteiger partial charge in [0, 0.05) is 0 Å². The molecule has 2 aromatic rings. The topological polar surface area (TPSA) is 86.2 Å². The predicted molar refractivity (Wildman–Crippen MR) is 118 cm³/mol. The zero-order chi connectivity index (χ0) is 21.7. The Hall–Kier alpha value is -2.97. The van der Waals surface area contributed by atoms with Gasteiger partial charge in [-0.15, -0.1) is 0 Å². The molecule has 7 nitrogen and oxygen atoms in total. The summed E-state index contributed by atoms with van der Waals surface area (Å²) >= 11 is 7.43. The summed E-state index contributed by atoms with van der Waals surface area (Å²) in [4.78, 5) is 28.9. The van der Waals surface area contributed by atoms with Crippen molar-refractivity contribution >= 4 is 52.2 Å². The minimum Gasteiger partial charge on any atom is -0.493 e. The number of methoxy groups -OCH3 is 2. The van der Waals surface area contributed by atoms with Gasteiger partial charge in [-0.3, -0.25) is 4.79 Å².